The Morgan fingerprint density at radius 3 is 3.00 bits per heavy atom. The van der Waals surface area contributed by atoms with Crippen LogP contribution in [-0.4, -0.2) is 16.8 Å². The lowest BCUT2D eigenvalue weighted by Crippen LogP contribution is -2.15. The van der Waals surface area contributed by atoms with Gasteiger partial charge in [-0.05, 0) is 19.8 Å². The molecular formula is C7H11OS2. The Bertz CT molecular complexity index is 119. The van der Waals surface area contributed by atoms with Gasteiger partial charge in [-0.2, -0.15) is 0 Å². The van der Waals surface area contributed by atoms with Crippen LogP contribution in [-0.2, 0) is 4.79 Å². The molecular weight excluding hydrogens is 164 g/mol. The first-order chi connectivity index (χ1) is 4.77. The van der Waals surface area contributed by atoms with Crippen molar-refractivity contribution in [3.8, 4) is 0 Å². The molecule has 1 nitrogen and oxygen atoms in total. The summed E-state index contributed by atoms with van der Waals surface area (Å²) in [6.45, 7) is 2.23. The van der Waals surface area contributed by atoms with E-state index >= 15 is 0 Å². The van der Waals surface area contributed by atoms with E-state index in [2.05, 4.69) is 6.92 Å². The van der Waals surface area contributed by atoms with Crippen molar-refractivity contribution in [1.29, 1.82) is 0 Å². The Morgan fingerprint density at radius 2 is 2.50 bits per heavy atom. The average molecular weight is 175 g/mol. The molecule has 0 N–H and O–H groups in total. The Balaban J connectivity index is 2.28. The third-order valence-electron chi connectivity index (χ3n) is 1.73. The summed E-state index contributed by atoms with van der Waals surface area (Å²) in [5.41, 5.74) is 0. The van der Waals surface area contributed by atoms with Gasteiger partial charge in [0.2, 0.25) is 0 Å². The molecule has 3 heteroatoms. The van der Waals surface area contributed by atoms with Gasteiger partial charge in [0, 0.05) is 16.9 Å². The number of rotatable bonds is 3. The zero-order chi connectivity index (χ0) is 7.45. The monoisotopic (exact) mass is 175 g/mol. The van der Waals surface area contributed by atoms with Crippen LogP contribution < -0.4 is 0 Å². The minimum atomic E-state index is 0.363. The lowest BCUT2D eigenvalue weighted by atomic mass is 10.0. The maximum Gasteiger partial charge on any atom is 0.198 e. The molecule has 1 aliphatic rings. The first-order valence-electron chi connectivity index (χ1n) is 3.42. The summed E-state index contributed by atoms with van der Waals surface area (Å²) in [6.07, 6.45) is 4.78. The zero-order valence-electron chi connectivity index (χ0n) is 6.05. The molecule has 1 fully saturated rings. The van der Waals surface area contributed by atoms with Crippen molar-refractivity contribution in [2.75, 3.05) is 5.75 Å². The highest BCUT2D eigenvalue weighted by Gasteiger charge is 2.29. The van der Waals surface area contributed by atoms with Crippen molar-refractivity contribution in [2.24, 2.45) is 0 Å². The fraction of sp³-hybridized carbons (Fsp3) is 0.857. The van der Waals surface area contributed by atoms with Gasteiger partial charge in [-0.3, -0.25) is 4.79 Å². The van der Waals surface area contributed by atoms with E-state index < -0.39 is 0 Å². The lowest BCUT2D eigenvalue weighted by Gasteiger charge is -2.18. The van der Waals surface area contributed by atoms with Crippen molar-refractivity contribution in [3.05, 3.63) is 0 Å². The minimum Gasteiger partial charge on any atom is -0.291 e. The maximum atomic E-state index is 9.96. The molecule has 0 spiro atoms. The van der Waals surface area contributed by atoms with Gasteiger partial charge >= 0.3 is 0 Å². The number of carbonyl (C=O) groups excluding carboxylic acids is 1. The van der Waals surface area contributed by atoms with Gasteiger partial charge in [0.1, 0.15) is 0 Å². The highest BCUT2D eigenvalue weighted by atomic mass is 33.1. The first-order valence-corrected chi connectivity index (χ1v) is 5.74. The van der Waals surface area contributed by atoms with Crippen molar-refractivity contribution < 1.29 is 4.79 Å². The van der Waals surface area contributed by atoms with Crippen LogP contribution >= 0.6 is 21.6 Å². The van der Waals surface area contributed by atoms with Gasteiger partial charge < -0.3 is 0 Å². The zero-order valence-corrected chi connectivity index (χ0v) is 7.69. The molecule has 0 aliphatic carbocycles. The van der Waals surface area contributed by atoms with Gasteiger partial charge in [-0.15, -0.1) is 0 Å². The van der Waals surface area contributed by atoms with E-state index in [0.29, 0.717) is 11.2 Å². The van der Waals surface area contributed by atoms with E-state index in [1.54, 1.807) is 0 Å². The molecule has 10 heavy (non-hydrogen) atoms. The standard InChI is InChI=1S/C7H11OS2/c1-7(3-2-5-8)4-6-9-10-7/h2-4,6H2,1H3. The molecule has 1 heterocycles. The quantitative estimate of drug-likeness (QED) is 0.613. The van der Waals surface area contributed by atoms with Crippen LogP contribution in [0.2, 0.25) is 0 Å². The second-order valence-corrected chi connectivity index (χ2v) is 5.75. The van der Waals surface area contributed by atoms with Crippen molar-refractivity contribution >= 4 is 27.9 Å². The summed E-state index contributed by atoms with van der Waals surface area (Å²) in [4.78, 5) is 9.96. The number of hydrogen-bond acceptors (Lipinski definition) is 3. The van der Waals surface area contributed by atoms with Crippen LogP contribution in [0.4, 0.5) is 0 Å². The van der Waals surface area contributed by atoms with E-state index in [9.17, 15) is 4.79 Å². The highest BCUT2D eigenvalue weighted by Crippen LogP contribution is 2.48. The molecule has 1 rings (SSSR count). The Morgan fingerprint density at radius 1 is 1.70 bits per heavy atom. The molecule has 1 atom stereocenters. The molecule has 0 bridgehead atoms. The molecule has 57 valence electrons. The van der Waals surface area contributed by atoms with E-state index in [4.69, 9.17) is 0 Å². The van der Waals surface area contributed by atoms with E-state index in [1.807, 2.05) is 27.9 Å². The van der Waals surface area contributed by atoms with Crippen LogP contribution in [0.5, 0.6) is 0 Å². The van der Waals surface area contributed by atoms with Gasteiger partial charge in [-0.1, -0.05) is 21.6 Å². The van der Waals surface area contributed by atoms with Crippen LogP contribution in [0.1, 0.15) is 26.2 Å². The van der Waals surface area contributed by atoms with Crippen LogP contribution in [0.3, 0.4) is 0 Å². The van der Waals surface area contributed by atoms with E-state index in [0.717, 1.165) is 6.42 Å². The summed E-state index contributed by atoms with van der Waals surface area (Å²) < 4.78 is 0.363. The summed E-state index contributed by atoms with van der Waals surface area (Å²) in [7, 11) is 3.84. The van der Waals surface area contributed by atoms with Gasteiger partial charge in [-0.25, -0.2) is 0 Å². The first kappa shape index (κ1) is 8.47. The molecule has 0 aromatic rings. The summed E-state index contributed by atoms with van der Waals surface area (Å²) in [5, 5.41) is 0. The molecule has 0 saturated carbocycles. The second-order valence-electron chi connectivity index (χ2n) is 2.75. The Kier molecular flexibility index (Phi) is 3.11. The summed E-state index contributed by atoms with van der Waals surface area (Å²) in [5.74, 6) is 1.24. The molecule has 1 aliphatic heterocycles. The smallest absolute Gasteiger partial charge is 0.198 e. The van der Waals surface area contributed by atoms with Crippen molar-refractivity contribution in [2.45, 2.75) is 30.9 Å². The minimum absolute atomic E-state index is 0.363. The fourth-order valence-corrected chi connectivity index (χ4v) is 4.22. The Hall–Kier alpha value is 0.370. The molecule has 1 radical (unpaired) electrons. The van der Waals surface area contributed by atoms with Gasteiger partial charge in [0.25, 0.3) is 0 Å². The van der Waals surface area contributed by atoms with E-state index in [1.165, 1.54) is 12.2 Å². The molecule has 0 aromatic heterocycles. The maximum absolute atomic E-state index is 9.96. The van der Waals surface area contributed by atoms with Crippen molar-refractivity contribution in [1.82, 2.24) is 0 Å². The highest BCUT2D eigenvalue weighted by molar-refractivity contribution is 8.77. The Labute approximate surface area is 69.7 Å². The summed E-state index contributed by atoms with van der Waals surface area (Å²) in [6, 6.07) is 0. The van der Waals surface area contributed by atoms with E-state index in [-0.39, 0.29) is 0 Å². The molecule has 1 saturated heterocycles. The molecule has 0 aromatic carbocycles. The van der Waals surface area contributed by atoms with Crippen molar-refractivity contribution in [3.63, 3.8) is 0 Å². The SMILES string of the molecule is CC1(CC[C]=O)CCSS1. The third kappa shape index (κ3) is 2.20. The largest absolute Gasteiger partial charge is 0.291 e. The normalized spacial score (nSPS) is 32.5. The second kappa shape index (κ2) is 3.67. The van der Waals surface area contributed by atoms with Gasteiger partial charge in [0.05, 0.1) is 0 Å². The predicted octanol–water partition coefficient (Wildman–Crippen LogP) is 2.42. The average Bonchev–Trinajstić information content (AvgIpc) is 2.33. The third-order valence-corrected chi connectivity index (χ3v) is 5.09. The van der Waals surface area contributed by atoms with Crippen LogP contribution in [0, 0.1) is 0 Å². The van der Waals surface area contributed by atoms with Crippen LogP contribution in [0.15, 0.2) is 0 Å². The summed E-state index contributed by atoms with van der Waals surface area (Å²) >= 11 is 0. The lowest BCUT2D eigenvalue weighted by molar-refractivity contribution is 0.531. The molecule has 0 amide bonds. The topological polar surface area (TPSA) is 17.1 Å². The number of hydrogen-bond donors (Lipinski definition) is 0. The van der Waals surface area contributed by atoms with Crippen LogP contribution in [0.25, 0.3) is 0 Å². The van der Waals surface area contributed by atoms with Gasteiger partial charge in [0.15, 0.2) is 6.29 Å². The predicted molar refractivity (Wildman–Crippen MR) is 48.0 cm³/mol. The fourth-order valence-electron chi connectivity index (χ4n) is 0.965. The molecule has 1 unspecified atom stereocenters.